The summed E-state index contributed by atoms with van der Waals surface area (Å²) in [6.07, 6.45) is 8.40. The molecular formula is C20H29N5O. The molecule has 0 unspecified atom stereocenters. The summed E-state index contributed by atoms with van der Waals surface area (Å²) in [5.74, 6) is 2.00. The Morgan fingerprint density at radius 1 is 1.23 bits per heavy atom. The lowest BCUT2D eigenvalue weighted by Crippen LogP contribution is -2.38. The topological polar surface area (TPSA) is 46.4 Å². The number of ether oxygens (including phenoxy) is 1. The zero-order valence-electron chi connectivity index (χ0n) is 15.7. The largest absolute Gasteiger partial charge is 0.381 e. The number of aromatic nitrogens is 3. The Labute approximate surface area is 155 Å². The quantitative estimate of drug-likeness (QED) is 0.795. The van der Waals surface area contributed by atoms with Crippen molar-refractivity contribution in [2.75, 3.05) is 33.4 Å². The fraction of sp³-hybridized carbons (Fsp3) is 0.600. The van der Waals surface area contributed by atoms with Crippen LogP contribution in [0.1, 0.15) is 29.9 Å². The third-order valence-corrected chi connectivity index (χ3v) is 5.40. The number of hydrogen-bond donors (Lipinski definition) is 0. The van der Waals surface area contributed by atoms with Gasteiger partial charge in [-0.25, -0.2) is 4.98 Å². The van der Waals surface area contributed by atoms with Crippen molar-refractivity contribution in [2.45, 2.75) is 39.0 Å². The molecule has 26 heavy (non-hydrogen) atoms. The normalized spacial score (nSPS) is 19.0. The molecule has 0 spiro atoms. The van der Waals surface area contributed by atoms with Crippen molar-refractivity contribution in [2.24, 2.45) is 5.92 Å². The van der Waals surface area contributed by atoms with E-state index in [0.29, 0.717) is 0 Å². The molecule has 140 valence electrons. The molecule has 1 fully saturated rings. The van der Waals surface area contributed by atoms with Gasteiger partial charge in [0, 0.05) is 64.5 Å². The van der Waals surface area contributed by atoms with Gasteiger partial charge in [0.05, 0.1) is 12.2 Å². The number of hydrogen-bond acceptors (Lipinski definition) is 5. The zero-order valence-corrected chi connectivity index (χ0v) is 15.7. The van der Waals surface area contributed by atoms with Crippen molar-refractivity contribution < 1.29 is 4.74 Å². The zero-order chi connectivity index (χ0) is 17.8. The van der Waals surface area contributed by atoms with Gasteiger partial charge in [-0.2, -0.15) is 0 Å². The predicted octanol–water partition coefficient (Wildman–Crippen LogP) is 2.15. The number of rotatable bonds is 6. The molecule has 0 radical (unpaired) electrons. The Hall–Kier alpha value is -1.76. The molecule has 0 aliphatic carbocycles. The lowest BCUT2D eigenvalue weighted by Gasteiger charge is -2.32. The van der Waals surface area contributed by atoms with E-state index in [-0.39, 0.29) is 0 Å². The second-order valence-electron chi connectivity index (χ2n) is 7.67. The van der Waals surface area contributed by atoms with E-state index in [9.17, 15) is 0 Å². The molecule has 2 aliphatic rings. The number of fused-ring (bicyclic) bond motifs is 1. The summed E-state index contributed by atoms with van der Waals surface area (Å²) in [4.78, 5) is 14.0. The highest BCUT2D eigenvalue weighted by Gasteiger charge is 2.23. The molecule has 0 aromatic carbocycles. The highest BCUT2D eigenvalue weighted by atomic mass is 16.5. The van der Waals surface area contributed by atoms with Crippen LogP contribution in [0.4, 0.5) is 0 Å². The summed E-state index contributed by atoms with van der Waals surface area (Å²) in [6.45, 7) is 7.97. The summed E-state index contributed by atoms with van der Waals surface area (Å²) in [7, 11) is 2.14. The Morgan fingerprint density at radius 2 is 2.12 bits per heavy atom. The van der Waals surface area contributed by atoms with Crippen LogP contribution >= 0.6 is 0 Å². The van der Waals surface area contributed by atoms with Crippen molar-refractivity contribution in [3.8, 4) is 0 Å². The van der Waals surface area contributed by atoms with Crippen LogP contribution in [0.5, 0.6) is 0 Å². The van der Waals surface area contributed by atoms with Crippen LogP contribution in [0.2, 0.25) is 0 Å². The Kier molecular flexibility index (Phi) is 5.62. The van der Waals surface area contributed by atoms with Crippen molar-refractivity contribution in [3.63, 3.8) is 0 Å². The first-order chi connectivity index (χ1) is 12.8. The van der Waals surface area contributed by atoms with Crippen LogP contribution in [0.15, 0.2) is 30.7 Å². The maximum atomic E-state index is 5.48. The summed E-state index contributed by atoms with van der Waals surface area (Å²) < 4.78 is 7.83. The minimum Gasteiger partial charge on any atom is -0.381 e. The first-order valence-electron chi connectivity index (χ1n) is 9.69. The maximum Gasteiger partial charge on any atom is 0.123 e. The molecule has 0 N–H and O–H groups in total. The van der Waals surface area contributed by atoms with Crippen LogP contribution in [0, 0.1) is 5.92 Å². The first kappa shape index (κ1) is 17.6. The SMILES string of the molecule is CN(Cc1cccnc1)Cc1cn2c(n1)CN(CC1CCOCC1)CC2. The van der Waals surface area contributed by atoms with E-state index < -0.39 is 0 Å². The van der Waals surface area contributed by atoms with Crippen LogP contribution in [0.25, 0.3) is 0 Å². The molecule has 2 aromatic heterocycles. The fourth-order valence-corrected chi connectivity index (χ4v) is 4.02. The minimum atomic E-state index is 0.787. The molecular weight excluding hydrogens is 326 g/mol. The fourth-order valence-electron chi connectivity index (χ4n) is 4.02. The van der Waals surface area contributed by atoms with E-state index in [4.69, 9.17) is 9.72 Å². The Balaban J connectivity index is 1.32. The van der Waals surface area contributed by atoms with Gasteiger partial charge in [-0.3, -0.25) is 14.8 Å². The molecule has 2 aliphatic heterocycles. The van der Waals surface area contributed by atoms with E-state index in [0.717, 1.165) is 51.9 Å². The predicted molar refractivity (Wildman–Crippen MR) is 100 cm³/mol. The van der Waals surface area contributed by atoms with Gasteiger partial charge in [0.25, 0.3) is 0 Å². The number of imidazole rings is 1. The molecule has 0 bridgehead atoms. The minimum absolute atomic E-state index is 0.787. The Bertz CT molecular complexity index is 695. The highest BCUT2D eigenvalue weighted by molar-refractivity contribution is 5.10. The highest BCUT2D eigenvalue weighted by Crippen LogP contribution is 2.20. The van der Waals surface area contributed by atoms with Crippen molar-refractivity contribution in [3.05, 3.63) is 47.8 Å². The van der Waals surface area contributed by atoms with E-state index in [1.165, 1.54) is 36.5 Å². The maximum absolute atomic E-state index is 5.48. The summed E-state index contributed by atoms with van der Waals surface area (Å²) in [5.41, 5.74) is 2.40. The summed E-state index contributed by atoms with van der Waals surface area (Å²) in [5, 5.41) is 0. The van der Waals surface area contributed by atoms with Gasteiger partial charge in [0.15, 0.2) is 0 Å². The second-order valence-corrected chi connectivity index (χ2v) is 7.67. The van der Waals surface area contributed by atoms with Crippen LogP contribution in [0.3, 0.4) is 0 Å². The van der Waals surface area contributed by atoms with Gasteiger partial charge < -0.3 is 9.30 Å². The smallest absolute Gasteiger partial charge is 0.123 e. The van der Waals surface area contributed by atoms with Crippen molar-refractivity contribution >= 4 is 0 Å². The van der Waals surface area contributed by atoms with E-state index in [1.54, 1.807) is 0 Å². The Morgan fingerprint density at radius 3 is 2.92 bits per heavy atom. The third-order valence-electron chi connectivity index (χ3n) is 5.40. The van der Waals surface area contributed by atoms with Gasteiger partial charge >= 0.3 is 0 Å². The molecule has 2 aromatic rings. The van der Waals surface area contributed by atoms with Gasteiger partial charge in [-0.1, -0.05) is 6.07 Å². The van der Waals surface area contributed by atoms with Gasteiger partial charge in [0.2, 0.25) is 0 Å². The molecule has 0 atom stereocenters. The average molecular weight is 355 g/mol. The monoisotopic (exact) mass is 355 g/mol. The second kappa shape index (κ2) is 8.29. The van der Waals surface area contributed by atoms with Crippen LogP contribution in [-0.4, -0.2) is 57.7 Å². The molecule has 4 heterocycles. The molecule has 0 saturated carbocycles. The van der Waals surface area contributed by atoms with Crippen LogP contribution < -0.4 is 0 Å². The van der Waals surface area contributed by atoms with E-state index in [1.807, 2.05) is 18.5 Å². The lowest BCUT2D eigenvalue weighted by molar-refractivity contribution is 0.0482. The van der Waals surface area contributed by atoms with Gasteiger partial charge in [-0.05, 0) is 37.4 Å². The molecule has 6 nitrogen and oxygen atoms in total. The number of pyridine rings is 1. The number of nitrogens with zero attached hydrogens (tertiary/aromatic N) is 5. The molecule has 6 heteroatoms. The molecule has 1 saturated heterocycles. The molecule has 0 amide bonds. The summed E-state index contributed by atoms with van der Waals surface area (Å²) in [6, 6.07) is 4.11. The van der Waals surface area contributed by atoms with E-state index >= 15 is 0 Å². The lowest BCUT2D eigenvalue weighted by atomic mass is 9.99. The van der Waals surface area contributed by atoms with Crippen molar-refractivity contribution in [1.82, 2.24) is 24.3 Å². The standard InChI is InChI=1S/C20H29N5O/c1-23(12-18-3-2-6-21-11-18)14-19-15-25-8-7-24(16-20(25)22-19)13-17-4-9-26-10-5-17/h2-3,6,11,15,17H,4-5,7-10,12-14,16H2,1H3. The average Bonchev–Trinajstić information content (AvgIpc) is 3.04. The van der Waals surface area contributed by atoms with Crippen molar-refractivity contribution in [1.29, 1.82) is 0 Å². The van der Waals surface area contributed by atoms with Gasteiger partial charge in [0.1, 0.15) is 5.82 Å². The summed E-state index contributed by atoms with van der Waals surface area (Å²) >= 11 is 0. The van der Waals surface area contributed by atoms with Crippen LogP contribution in [-0.2, 0) is 30.9 Å². The molecule has 4 rings (SSSR count). The third kappa shape index (κ3) is 4.50. The van der Waals surface area contributed by atoms with E-state index in [2.05, 4.69) is 38.7 Å². The van der Waals surface area contributed by atoms with Gasteiger partial charge in [-0.15, -0.1) is 0 Å². The first-order valence-corrected chi connectivity index (χ1v) is 9.69.